The van der Waals surface area contributed by atoms with Crippen LogP contribution in [-0.4, -0.2) is 20.9 Å². The van der Waals surface area contributed by atoms with E-state index in [1.807, 2.05) is 36.4 Å². The van der Waals surface area contributed by atoms with Crippen molar-refractivity contribution in [1.82, 2.24) is 0 Å². The third kappa shape index (κ3) is 3.78. The first kappa shape index (κ1) is 20.1. The highest BCUT2D eigenvalue weighted by molar-refractivity contribution is 7.92. The summed E-state index contributed by atoms with van der Waals surface area (Å²) in [6.45, 7) is 0.520. The Morgan fingerprint density at radius 3 is 2.34 bits per heavy atom. The number of nitrogens with zero attached hydrogens (tertiary/aromatic N) is 1. The number of carbonyl (C=O) groups is 1. The van der Waals surface area contributed by atoms with Crippen molar-refractivity contribution in [2.75, 3.05) is 16.2 Å². The molecule has 3 aromatic carbocycles. The molecule has 0 bridgehead atoms. The first-order valence-electron chi connectivity index (χ1n) is 10.2. The van der Waals surface area contributed by atoms with Crippen LogP contribution in [0.3, 0.4) is 0 Å². The molecule has 0 saturated carbocycles. The Hall–Kier alpha value is -3.84. The van der Waals surface area contributed by atoms with Crippen molar-refractivity contribution in [3.05, 3.63) is 103 Å². The Bertz CT molecular complexity index is 1360. The van der Waals surface area contributed by atoms with Gasteiger partial charge < -0.3 is 9.32 Å². The maximum Gasteiger partial charge on any atom is 0.293 e. The third-order valence-electron chi connectivity index (χ3n) is 5.48. The van der Waals surface area contributed by atoms with Gasteiger partial charge in [-0.15, -0.1) is 0 Å². The van der Waals surface area contributed by atoms with E-state index in [-0.39, 0.29) is 16.6 Å². The van der Waals surface area contributed by atoms with E-state index < -0.39 is 10.0 Å². The van der Waals surface area contributed by atoms with Crippen LogP contribution in [0.5, 0.6) is 0 Å². The van der Waals surface area contributed by atoms with Crippen LogP contribution in [0.1, 0.15) is 16.1 Å². The lowest BCUT2D eigenvalue weighted by Crippen LogP contribution is -2.28. The molecule has 0 saturated heterocycles. The van der Waals surface area contributed by atoms with Gasteiger partial charge in [0, 0.05) is 12.2 Å². The van der Waals surface area contributed by atoms with Gasteiger partial charge in [0.25, 0.3) is 15.9 Å². The first-order chi connectivity index (χ1) is 15.5. The van der Waals surface area contributed by atoms with E-state index in [4.69, 9.17) is 4.42 Å². The van der Waals surface area contributed by atoms with Crippen LogP contribution < -0.4 is 9.62 Å². The van der Waals surface area contributed by atoms with Gasteiger partial charge in [0.2, 0.25) is 0 Å². The molecule has 1 amide bonds. The van der Waals surface area contributed by atoms with E-state index in [0.29, 0.717) is 24.3 Å². The molecule has 1 N–H and O–H groups in total. The van der Waals surface area contributed by atoms with Gasteiger partial charge in [-0.25, -0.2) is 8.42 Å². The Morgan fingerprint density at radius 1 is 0.875 bits per heavy atom. The molecule has 0 atom stereocenters. The number of rotatable bonds is 5. The molecule has 2 heterocycles. The summed E-state index contributed by atoms with van der Waals surface area (Å²) in [5, 5.41) is 0. The number of carbonyl (C=O) groups excluding carboxylic acids is 1. The van der Waals surface area contributed by atoms with E-state index in [9.17, 15) is 13.2 Å². The summed E-state index contributed by atoms with van der Waals surface area (Å²) in [5.74, 6) is 0.00703. The van der Waals surface area contributed by atoms with E-state index in [0.717, 1.165) is 16.7 Å². The molecule has 1 aliphatic rings. The van der Waals surface area contributed by atoms with Gasteiger partial charge in [0.15, 0.2) is 5.76 Å². The number of benzene rings is 3. The second-order valence-electron chi connectivity index (χ2n) is 7.52. The van der Waals surface area contributed by atoms with Crippen LogP contribution >= 0.6 is 0 Å². The molecular weight excluding hydrogens is 424 g/mol. The molecule has 0 fully saturated rings. The molecule has 0 radical (unpaired) electrons. The Balaban J connectivity index is 1.38. The van der Waals surface area contributed by atoms with Gasteiger partial charge in [-0.1, -0.05) is 48.5 Å². The Labute approximate surface area is 186 Å². The van der Waals surface area contributed by atoms with E-state index in [2.05, 4.69) is 4.72 Å². The summed E-state index contributed by atoms with van der Waals surface area (Å²) in [5.41, 5.74) is 4.03. The number of amides is 1. The largest absolute Gasteiger partial charge is 0.459 e. The van der Waals surface area contributed by atoms with Crippen LogP contribution in [0.25, 0.3) is 11.1 Å². The molecule has 0 aliphatic carbocycles. The lowest BCUT2D eigenvalue weighted by molar-refractivity contribution is 0.0963. The zero-order valence-corrected chi connectivity index (χ0v) is 17.9. The minimum Gasteiger partial charge on any atom is -0.459 e. The summed E-state index contributed by atoms with van der Waals surface area (Å²) in [7, 11) is -3.78. The monoisotopic (exact) mass is 444 g/mol. The highest BCUT2D eigenvalue weighted by Crippen LogP contribution is 2.33. The van der Waals surface area contributed by atoms with Crippen LogP contribution in [0, 0.1) is 0 Å². The number of nitrogens with one attached hydrogen (secondary N) is 1. The van der Waals surface area contributed by atoms with Crippen LogP contribution in [0.2, 0.25) is 0 Å². The molecular formula is C25H20N2O4S. The van der Waals surface area contributed by atoms with Crippen molar-refractivity contribution >= 4 is 27.3 Å². The molecule has 32 heavy (non-hydrogen) atoms. The van der Waals surface area contributed by atoms with Gasteiger partial charge in [-0.2, -0.15) is 0 Å². The van der Waals surface area contributed by atoms with Crippen molar-refractivity contribution < 1.29 is 17.6 Å². The molecule has 5 rings (SSSR count). The molecule has 6 nitrogen and oxygen atoms in total. The maximum absolute atomic E-state index is 12.9. The average Bonchev–Trinajstić information content (AvgIpc) is 3.49. The van der Waals surface area contributed by atoms with E-state index in [1.54, 1.807) is 53.4 Å². The Morgan fingerprint density at radius 2 is 1.62 bits per heavy atom. The first-order valence-corrected chi connectivity index (χ1v) is 11.7. The SMILES string of the molecule is O=C(c1ccco1)N1CCc2ccc(NS(=O)(=O)c3ccc(-c4ccccc4)cc3)cc21. The quantitative estimate of drug-likeness (QED) is 0.472. The van der Waals surface area contributed by atoms with Crippen LogP contribution in [0.15, 0.2) is 101 Å². The minimum absolute atomic E-state index is 0.168. The van der Waals surface area contributed by atoms with E-state index >= 15 is 0 Å². The zero-order valence-electron chi connectivity index (χ0n) is 17.1. The van der Waals surface area contributed by atoms with Crippen molar-refractivity contribution in [2.24, 2.45) is 0 Å². The van der Waals surface area contributed by atoms with Crippen LogP contribution in [0.4, 0.5) is 11.4 Å². The molecule has 0 spiro atoms. The Kier molecular flexibility index (Phi) is 5.03. The summed E-state index contributed by atoms with van der Waals surface area (Å²) in [6, 6.07) is 25.1. The maximum atomic E-state index is 12.9. The predicted octanol–water partition coefficient (Wildman–Crippen LogP) is 4.95. The number of hydrogen-bond acceptors (Lipinski definition) is 4. The second-order valence-corrected chi connectivity index (χ2v) is 9.21. The van der Waals surface area contributed by atoms with Gasteiger partial charge in [-0.05, 0) is 59.5 Å². The molecule has 1 aromatic heterocycles. The third-order valence-corrected chi connectivity index (χ3v) is 6.88. The normalized spacial score (nSPS) is 13.1. The lowest BCUT2D eigenvalue weighted by Gasteiger charge is -2.17. The van der Waals surface area contributed by atoms with Crippen molar-refractivity contribution in [3.63, 3.8) is 0 Å². The summed E-state index contributed by atoms with van der Waals surface area (Å²) in [6.07, 6.45) is 2.16. The fourth-order valence-electron chi connectivity index (χ4n) is 3.86. The molecule has 160 valence electrons. The highest BCUT2D eigenvalue weighted by Gasteiger charge is 2.28. The van der Waals surface area contributed by atoms with Gasteiger partial charge in [-0.3, -0.25) is 9.52 Å². The fraction of sp³-hybridized carbons (Fsp3) is 0.0800. The van der Waals surface area contributed by atoms with Crippen molar-refractivity contribution in [1.29, 1.82) is 0 Å². The minimum atomic E-state index is -3.78. The van der Waals surface area contributed by atoms with Crippen molar-refractivity contribution in [2.45, 2.75) is 11.3 Å². The van der Waals surface area contributed by atoms with Gasteiger partial charge in [0.1, 0.15) is 0 Å². The highest BCUT2D eigenvalue weighted by atomic mass is 32.2. The molecule has 7 heteroatoms. The van der Waals surface area contributed by atoms with Gasteiger partial charge in [0.05, 0.1) is 16.8 Å². The van der Waals surface area contributed by atoms with E-state index in [1.165, 1.54) is 6.26 Å². The number of furan rings is 1. The molecule has 4 aromatic rings. The van der Waals surface area contributed by atoms with Crippen LogP contribution in [-0.2, 0) is 16.4 Å². The number of anilines is 2. The van der Waals surface area contributed by atoms with Crippen molar-refractivity contribution in [3.8, 4) is 11.1 Å². The standard InChI is InChI=1S/C25H20N2O4S/c28-25(24-7-4-16-31-24)27-15-14-20-8-11-21(17-23(20)27)26-32(29,30)22-12-9-19(10-13-22)18-5-2-1-3-6-18/h1-13,16-17,26H,14-15H2. The molecule has 1 aliphatic heterocycles. The fourth-order valence-corrected chi connectivity index (χ4v) is 4.91. The number of sulfonamides is 1. The number of hydrogen-bond donors (Lipinski definition) is 1. The summed E-state index contributed by atoms with van der Waals surface area (Å²) < 4.78 is 33.7. The average molecular weight is 445 g/mol. The van der Waals surface area contributed by atoms with Gasteiger partial charge >= 0.3 is 0 Å². The zero-order chi connectivity index (χ0) is 22.1. The predicted molar refractivity (Wildman–Crippen MR) is 123 cm³/mol. The topological polar surface area (TPSA) is 79.6 Å². The summed E-state index contributed by atoms with van der Waals surface area (Å²) >= 11 is 0. The number of fused-ring (bicyclic) bond motifs is 1. The molecule has 0 unspecified atom stereocenters. The lowest BCUT2D eigenvalue weighted by atomic mass is 10.1. The summed E-state index contributed by atoms with van der Waals surface area (Å²) in [4.78, 5) is 14.5. The smallest absolute Gasteiger partial charge is 0.293 e. The second kappa shape index (κ2) is 8.01.